The van der Waals surface area contributed by atoms with Crippen molar-refractivity contribution in [2.24, 2.45) is 10.8 Å². The van der Waals surface area contributed by atoms with Gasteiger partial charge in [-0.05, 0) is 70.2 Å². The van der Waals surface area contributed by atoms with Crippen LogP contribution < -0.4 is 14.8 Å². The van der Waals surface area contributed by atoms with E-state index in [4.69, 9.17) is 14.2 Å². The van der Waals surface area contributed by atoms with Crippen LogP contribution in [0.3, 0.4) is 0 Å². The lowest BCUT2D eigenvalue weighted by Crippen LogP contribution is -2.37. The molecule has 0 saturated carbocycles. The Kier molecular flexibility index (Phi) is 8.07. The molecule has 0 atom stereocenters. The third-order valence-corrected chi connectivity index (χ3v) is 8.45. The van der Waals surface area contributed by atoms with E-state index in [1.165, 1.54) is 0 Å². The molecule has 0 aromatic heterocycles. The van der Waals surface area contributed by atoms with E-state index in [-0.39, 0.29) is 34.9 Å². The molecule has 2 aliphatic carbocycles. The van der Waals surface area contributed by atoms with Crippen molar-refractivity contribution in [2.45, 2.75) is 66.2 Å². The van der Waals surface area contributed by atoms with E-state index in [1.54, 1.807) is 0 Å². The summed E-state index contributed by atoms with van der Waals surface area (Å²) in [6, 6.07) is 13.0. The van der Waals surface area contributed by atoms with Crippen molar-refractivity contribution in [1.29, 1.82) is 0 Å². The van der Waals surface area contributed by atoms with Gasteiger partial charge in [0.15, 0.2) is 29.7 Å². The molecule has 1 N–H and O–H groups in total. The van der Waals surface area contributed by atoms with Gasteiger partial charge in [0.25, 0.3) is 5.91 Å². The summed E-state index contributed by atoms with van der Waals surface area (Å²) in [5.41, 5.74) is 2.16. The highest BCUT2D eigenvalue weighted by Gasteiger charge is 2.48. The molecule has 3 aliphatic rings. The molecule has 8 heteroatoms. The predicted octanol–water partition coefficient (Wildman–Crippen LogP) is 7.11. The summed E-state index contributed by atoms with van der Waals surface area (Å²) in [7, 11) is 0. The molecule has 41 heavy (non-hydrogen) atoms. The topological polar surface area (TPSA) is 90.9 Å². The molecule has 0 bridgehead atoms. The summed E-state index contributed by atoms with van der Waals surface area (Å²) in [6.07, 6.45) is 2.04. The van der Waals surface area contributed by atoms with Crippen molar-refractivity contribution in [1.82, 2.24) is 0 Å². The van der Waals surface area contributed by atoms with Gasteiger partial charge in [-0.3, -0.25) is 14.4 Å². The van der Waals surface area contributed by atoms with Crippen LogP contribution in [-0.2, 0) is 19.1 Å². The summed E-state index contributed by atoms with van der Waals surface area (Å²) < 4.78 is 19.1. The van der Waals surface area contributed by atoms with E-state index in [0.717, 1.165) is 9.13 Å². The number of nitrogens with one attached hydrogen (secondary N) is 1. The number of allylic oxidation sites excluding steroid dienone is 4. The molecular formula is C33H36INO6. The predicted molar refractivity (Wildman–Crippen MR) is 165 cm³/mol. The zero-order valence-corrected chi connectivity index (χ0v) is 26.3. The standard InChI is InChI=1S/C33H36INO6/c1-6-39-24-13-19(12-21(34)31(24)40-18-27(38)35-20-10-8-7-9-11-20)28-29-22(36)14-32(2,3)16-25(29)41-26-17-33(4,5)15-23(37)30(26)28/h7-13,28H,6,14-18H2,1-5H3,(H,35,38). The van der Waals surface area contributed by atoms with Gasteiger partial charge >= 0.3 is 0 Å². The Balaban J connectivity index is 1.53. The number of ether oxygens (including phenoxy) is 3. The first kappa shape index (κ1) is 29.4. The highest BCUT2D eigenvalue weighted by atomic mass is 127. The third-order valence-electron chi connectivity index (χ3n) is 7.65. The molecule has 1 amide bonds. The van der Waals surface area contributed by atoms with Crippen LogP contribution in [0.25, 0.3) is 0 Å². The van der Waals surface area contributed by atoms with Crippen LogP contribution in [0.15, 0.2) is 65.1 Å². The SMILES string of the molecule is CCOc1cc(C2C3=C(CC(C)(C)CC3=O)OC3=C2C(=O)CC(C)(C)C3)cc(I)c1OCC(=O)Nc1ccccc1. The Labute approximate surface area is 254 Å². The summed E-state index contributed by atoms with van der Waals surface area (Å²) in [4.78, 5) is 39.9. The molecule has 7 nitrogen and oxygen atoms in total. The normalized spacial score (nSPS) is 19.8. The second kappa shape index (κ2) is 11.3. The number of hydrogen-bond donors (Lipinski definition) is 1. The second-order valence-corrected chi connectivity index (χ2v) is 13.7. The summed E-state index contributed by atoms with van der Waals surface area (Å²) in [5, 5.41) is 2.82. The van der Waals surface area contributed by atoms with Gasteiger partial charge in [-0.1, -0.05) is 45.9 Å². The van der Waals surface area contributed by atoms with Crippen molar-refractivity contribution in [3.8, 4) is 11.5 Å². The fourth-order valence-corrected chi connectivity index (χ4v) is 6.80. The highest BCUT2D eigenvalue weighted by Crippen LogP contribution is 2.54. The molecule has 216 valence electrons. The average molecular weight is 670 g/mol. The second-order valence-electron chi connectivity index (χ2n) is 12.6. The van der Waals surface area contributed by atoms with E-state index < -0.39 is 5.92 Å². The fraction of sp³-hybridized carbons (Fsp3) is 0.424. The van der Waals surface area contributed by atoms with Crippen molar-refractivity contribution in [2.75, 3.05) is 18.5 Å². The summed E-state index contributed by atoms with van der Waals surface area (Å²) in [5.74, 6) is 1.44. The van der Waals surface area contributed by atoms with Gasteiger partial charge in [-0.25, -0.2) is 0 Å². The monoisotopic (exact) mass is 669 g/mol. The number of carbonyl (C=O) groups is 3. The zero-order chi connectivity index (χ0) is 29.5. The maximum absolute atomic E-state index is 13.7. The first-order valence-corrected chi connectivity index (χ1v) is 15.1. The largest absolute Gasteiger partial charge is 0.490 e. The Bertz CT molecular complexity index is 1420. The maximum Gasteiger partial charge on any atom is 0.262 e. The molecule has 2 aromatic rings. The molecule has 0 unspecified atom stereocenters. The van der Waals surface area contributed by atoms with E-state index in [9.17, 15) is 14.4 Å². The number of hydrogen-bond acceptors (Lipinski definition) is 6. The molecule has 0 spiro atoms. The number of anilines is 1. The summed E-state index contributed by atoms with van der Waals surface area (Å²) >= 11 is 2.16. The minimum atomic E-state index is -0.538. The first-order chi connectivity index (χ1) is 19.4. The van der Waals surface area contributed by atoms with Crippen LogP contribution >= 0.6 is 22.6 Å². The Morgan fingerprint density at radius 2 is 1.51 bits per heavy atom. The third kappa shape index (κ3) is 6.22. The Hall–Kier alpha value is -3.14. The minimum absolute atomic E-state index is 0.0105. The van der Waals surface area contributed by atoms with Crippen molar-refractivity contribution >= 4 is 45.8 Å². The van der Waals surface area contributed by atoms with Gasteiger partial charge in [0.05, 0.1) is 10.2 Å². The Morgan fingerprint density at radius 3 is 2.07 bits per heavy atom. The lowest BCUT2D eigenvalue weighted by Gasteiger charge is -2.42. The number of para-hydroxylation sites is 1. The smallest absolute Gasteiger partial charge is 0.262 e. The van der Waals surface area contributed by atoms with Crippen LogP contribution in [0, 0.1) is 14.4 Å². The van der Waals surface area contributed by atoms with Crippen LogP contribution in [0.5, 0.6) is 11.5 Å². The fourth-order valence-electron chi connectivity index (χ4n) is 6.02. The number of benzene rings is 2. The van der Waals surface area contributed by atoms with E-state index in [0.29, 0.717) is 72.1 Å². The number of rotatable bonds is 7. The molecule has 0 fully saturated rings. The van der Waals surface area contributed by atoms with Crippen molar-refractivity contribution in [3.63, 3.8) is 0 Å². The van der Waals surface area contributed by atoms with Crippen LogP contribution in [0.2, 0.25) is 0 Å². The molecule has 1 heterocycles. The minimum Gasteiger partial charge on any atom is -0.490 e. The Morgan fingerprint density at radius 1 is 0.927 bits per heavy atom. The molecule has 2 aromatic carbocycles. The van der Waals surface area contributed by atoms with Gasteiger partial charge in [0.2, 0.25) is 0 Å². The molecule has 1 aliphatic heterocycles. The number of amides is 1. The number of halogens is 1. The lowest BCUT2D eigenvalue weighted by molar-refractivity contribution is -0.120. The van der Waals surface area contributed by atoms with E-state index in [2.05, 4.69) is 55.6 Å². The van der Waals surface area contributed by atoms with Gasteiger partial charge in [-0.2, -0.15) is 0 Å². The van der Waals surface area contributed by atoms with Crippen molar-refractivity contribution < 1.29 is 28.6 Å². The van der Waals surface area contributed by atoms with Crippen molar-refractivity contribution in [3.05, 3.63) is 74.3 Å². The zero-order valence-electron chi connectivity index (χ0n) is 24.2. The summed E-state index contributed by atoms with van der Waals surface area (Å²) in [6.45, 7) is 10.3. The number of Topliss-reactive ketones (excluding diaryl/α,β-unsaturated/α-hetero) is 2. The van der Waals surface area contributed by atoms with Crippen LogP contribution in [-0.4, -0.2) is 30.7 Å². The lowest BCUT2D eigenvalue weighted by atomic mass is 9.65. The van der Waals surface area contributed by atoms with E-state index in [1.807, 2.05) is 49.4 Å². The highest BCUT2D eigenvalue weighted by molar-refractivity contribution is 14.1. The average Bonchev–Trinajstić information content (AvgIpc) is 2.86. The number of carbonyl (C=O) groups excluding carboxylic acids is 3. The van der Waals surface area contributed by atoms with Gasteiger partial charge in [0.1, 0.15) is 11.5 Å². The van der Waals surface area contributed by atoms with E-state index >= 15 is 0 Å². The molecule has 0 radical (unpaired) electrons. The van der Waals surface area contributed by atoms with Crippen LogP contribution in [0.1, 0.15) is 71.8 Å². The number of ketones is 2. The molecular weight excluding hydrogens is 633 g/mol. The molecule has 0 saturated heterocycles. The molecule has 5 rings (SSSR count). The van der Waals surface area contributed by atoms with Crippen LogP contribution in [0.4, 0.5) is 5.69 Å². The first-order valence-electron chi connectivity index (χ1n) is 14.0. The van der Waals surface area contributed by atoms with Gasteiger partial charge in [-0.15, -0.1) is 0 Å². The maximum atomic E-state index is 13.7. The quantitative estimate of drug-likeness (QED) is 0.316. The van der Waals surface area contributed by atoms with Gasteiger partial charge < -0.3 is 19.5 Å². The van der Waals surface area contributed by atoms with Gasteiger partial charge in [0, 0.05) is 48.4 Å².